The van der Waals surface area contributed by atoms with Gasteiger partial charge in [-0.2, -0.15) is 0 Å². The van der Waals surface area contributed by atoms with Crippen molar-refractivity contribution in [2.45, 2.75) is 26.1 Å². The van der Waals surface area contributed by atoms with Crippen LogP contribution in [0.2, 0.25) is 0 Å². The molecule has 1 aliphatic heterocycles. The Hall–Kier alpha value is -0.480. The van der Waals surface area contributed by atoms with Crippen LogP contribution in [-0.2, 0) is 6.54 Å². The van der Waals surface area contributed by atoms with Gasteiger partial charge < -0.3 is 0 Å². The molecule has 0 radical (unpaired) electrons. The summed E-state index contributed by atoms with van der Waals surface area (Å²) in [6.45, 7) is 4.26. The predicted molar refractivity (Wildman–Crippen MR) is 51.6 cm³/mol. The highest BCUT2D eigenvalue weighted by molar-refractivity contribution is 7.09. The fraction of sp³-hybridized carbons (Fsp3) is 0.667. The van der Waals surface area contributed by atoms with Gasteiger partial charge in [-0.1, -0.05) is 0 Å². The van der Waals surface area contributed by atoms with Gasteiger partial charge in [-0.25, -0.2) is 9.37 Å². The van der Waals surface area contributed by atoms with Crippen molar-refractivity contribution in [2.75, 3.05) is 13.1 Å². The number of likely N-dealkylation sites (tertiary alicyclic amines) is 1. The first kappa shape index (κ1) is 9.09. The van der Waals surface area contributed by atoms with Gasteiger partial charge in [0.05, 0.1) is 10.7 Å². The van der Waals surface area contributed by atoms with E-state index in [0.717, 1.165) is 23.8 Å². The molecule has 1 atom stereocenters. The third-order valence-corrected chi connectivity index (χ3v) is 3.09. The number of halogens is 1. The van der Waals surface area contributed by atoms with Gasteiger partial charge in [-0.05, 0) is 13.3 Å². The number of aromatic nitrogens is 1. The molecule has 1 fully saturated rings. The summed E-state index contributed by atoms with van der Waals surface area (Å²) in [6, 6.07) is 0. The third-order valence-electron chi connectivity index (χ3n) is 2.27. The molecule has 0 aliphatic carbocycles. The maximum absolute atomic E-state index is 12.8. The summed E-state index contributed by atoms with van der Waals surface area (Å²) in [4.78, 5) is 6.48. The number of hydrogen-bond donors (Lipinski definition) is 0. The van der Waals surface area contributed by atoms with E-state index in [9.17, 15) is 4.39 Å². The van der Waals surface area contributed by atoms with Gasteiger partial charge in [0.2, 0.25) is 0 Å². The van der Waals surface area contributed by atoms with Crippen LogP contribution in [-0.4, -0.2) is 29.1 Å². The molecule has 1 aromatic heterocycles. The summed E-state index contributed by atoms with van der Waals surface area (Å²) in [5.41, 5.74) is 1.08. The zero-order valence-electron chi connectivity index (χ0n) is 7.66. The van der Waals surface area contributed by atoms with Crippen molar-refractivity contribution in [1.82, 2.24) is 9.88 Å². The van der Waals surface area contributed by atoms with Gasteiger partial charge in [0.15, 0.2) is 0 Å². The van der Waals surface area contributed by atoms with Crippen LogP contribution in [0.3, 0.4) is 0 Å². The predicted octanol–water partition coefficient (Wildman–Crippen LogP) is 2.00. The van der Waals surface area contributed by atoms with Gasteiger partial charge in [0.1, 0.15) is 6.17 Å². The first-order valence-electron chi connectivity index (χ1n) is 4.51. The van der Waals surface area contributed by atoms with Gasteiger partial charge in [-0.15, -0.1) is 11.3 Å². The molecule has 72 valence electrons. The molecule has 0 aromatic carbocycles. The van der Waals surface area contributed by atoms with Crippen LogP contribution in [0.4, 0.5) is 4.39 Å². The first-order chi connectivity index (χ1) is 6.24. The Morgan fingerprint density at radius 3 is 3.15 bits per heavy atom. The molecule has 1 saturated heterocycles. The smallest absolute Gasteiger partial charge is 0.114 e. The summed E-state index contributed by atoms with van der Waals surface area (Å²) in [6.07, 6.45) is 0.0584. The van der Waals surface area contributed by atoms with Gasteiger partial charge in [0, 0.05) is 25.0 Å². The van der Waals surface area contributed by atoms with Crippen LogP contribution in [0.15, 0.2) is 5.38 Å². The van der Waals surface area contributed by atoms with E-state index in [0.29, 0.717) is 13.0 Å². The van der Waals surface area contributed by atoms with Crippen molar-refractivity contribution in [2.24, 2.45) is 0 Å². The molecule has 0 amide bonds. The molecule has 2 heterocycles. The summed E-state index contributed by atoms with van der Waals surface area (Å²) < 4.78 is 12.8. The second kappa shape index (κ2) is 3.72. The highest BCUT2D eigenvalue weighted by atomic mass is 32.1. The minimum atomic E-state index is -0.625. The van der Waals surface area contributed by atoms with E-state index >= 15 is 0 Å². The number of thiazole rings is 1. The van der Waals surface area contributed by atoms with E-state index in [1.807, 2.05) is 6.92 Å². The lowest BCUT2D eigenvalue weighted by Gasteiger charge is -2.11. The quantitative estimate of drug-likeness (QED) is 0.726. The molecular formula is C9H13FN2S. The Balaban J connectivity index is 1.91. The van der Waals surface area contributed by atoms with Crippen LogP contribution in [0, 0.1) is 6.92 Å². The molecule has 2 rings (SSSR count). The number of rotatable bonds is 2. The topological polar surface area (TPSA) is 16.1 Å². The molecule has 0 N–H and O–H groups in total. The SMILES string of the molecule is Cc1nc(CN2CCC(F)C2)cs1. The zero-order chi connectivity index (χ0) is 9.26. The molecule has 1 aromatic rings. The van der Waals surface area contributed by atoms with E-state index in [-0.39, 0.29) is 0 Å². The van der Waals surface area contributed by atoms with Crippen LogP contribution in [0.5, 0.6) is 0 Å². The van der Waals surface area contributed by atoms with Crippen molar-refractivity contribution in [3.63, 3.8) is 0 Å². The lowest BCUT2D eigenvalue weighted by molar-refractivity contribution is 0.280. The highest BCUT2D eigenvalue weighted by Gasteiger charge is 2.21. The molecule has 0 spiro atoms. The average Bonchev–Trinajstić information content (AvgIpc) is 2.62. The van der Waals surface area contributed by atoms with Crippen LogP contribution in [0.25, 0.3) is 0 Å². The Bertz CT molecular complexity index is 287. The lowest BCUT2D eigenvalue weighted by atomic mass is 10.3. The standard InChI is InChI=1S/C9H13FN2S/c1-7-11-9(6-13-7)5-12-3-2-8(10)4-12/h6,8H,2-5H2,1H3. The second-order valence-electron chi connectivity index (χ2n) is 3.48. The second-order valence-corrected chi connectivity index (χ2v) is 4.54. The Morgan fingerprint density at radius 2 is 2.62 bits per heavy atom. The Kier molecular flexibility index (Phi) is 2.60. The molecule has 0 saturated carbocycles. The molecule has 13 heavy (non-hydrogen) atoms. The van der Waals surface area contributed by atoms with Crippen LogP contribution >= 0.6 is 11.3 Å². The molecule has 4 heteroatoms. The summed E-state index contributed by atoms with van der Waals surface area (Å²) in [5, 5.41) is 3.15. The number of hydrogen-bond acceptors (Lipinski definition) is 3. The minimum Gasteiger partial charge on any atom is -0.294 e. The molecular weight excluding hydrogens is 187 g/mol. The van der Waals surface area contributed by atoms with Crippen molar-refractivity contribution in [3.05, 3.63) is 16.1 Å². The number of aryl methyl sites for hydroxylation is 1. The van der Waals surface area contributed by atoms with E-state index in [1.165, 1.54) is 0 Å². The van der Waals surface area contributed by atoms with E-state index in [2.05, 4.69) is 15.3 Å². The van der Waals surface area contributed by atoms with Crippen molar-refractivity contribution < 1.29 is 4.39 Å². The third kappa shape index (κ3) is 2.25. The minimum absolute atomic E-state index is 0.580. The monoisotopic (exact) mass is 200 g/mol. The fourth-order valence-corrected chi connectivity index (χ4v) is 2.24. The van der Waals surface area contributed by atoms with Crippen LogP contribution in [0.1, 0.15) is 17.1 Å². The fourth-order valence-electron chi connectivity index (χ4n) is 1.64. The number of nitrogens with zero attached hydrogens (tertiary/aromatic N) is 2. The van der Waals surface area contributed by atoms with E-state index < -0.39 is 6.17 Å². The molecule has 1 aliphatic rings. The maximum Gasteiger partial charge on any atom is 0.114 e. The first-order valence-corrected chi connectivity index (χ1v) is 5.39. The number of alkyl halides is 1. The van der Waals surface area contributed by atoms with Gasteiger partial charge in [-0.3, -0.25) is 4.90 Å². The van der Waals surface area contributed by atoms with Gasteiger partial charge in [0.25, 0.3) is 0 Å². The largest absolute Gasteiger partial charge is 0.294 e. The summed E-state index contributed by atoms with van der Waals surface area (Å²) in [7, 11) is 0. The summed E-state index contributed by atoms with van der Waals surface area (Å²) >= 11 is 1.66. The Labute approximate surface area is 81.4 Å². The van der Waals surface area contributed by atoms with Crippen molar-refractivity contribution in [1.29, 1.82) is 0 Å². The van der Waals surface area contributed by atoms with Gasteiger partial charge >= 0.3 is 0 Å². The highest BCUT2D eigenvalue weighted by Crippen LogP contribution is 2.16. The van der Waals surface area contributed by atoms with Crippen LogP contribution < -0.4 is 0 Å². The maximum atomic E-state index is 12.8. The normalized spacial score (nSPS) is 24.0. The average molecular weight is 200 g/mol. The Morgan fingerprint density at radius 1 is 1.77 bits per heavy atom. The van der Waals surface area contributed by atoms with Crippen molar-refractivity contribution >= 4 is 11.3 Å². The molecule has 1 unspecified atom stereocenters. The molecule has 0 bridgehead atoms. The van der Waals surface area contributed by atoms with Crippen molar-refractivity contribution in [3.8, 4) is 0 Å². The lowest BCUT2D eigenvalue weighted by Crippen LogP contribution is -2.20. The zero-order valence-corrected chi connectivity index (χ0v) is 8.48. The summed E-state index contributed by atoms with van der Waals surface area (Å²) in [5.74, 6) is 0. The molecule has 2 nitrogen and oxygen atoms in total. The van der Waals surface area contributed by atoms with E-state index in [1.54, 1.807) is 11.3 Å². The van der Waals surface area contributed by atoms with E-state index in [4.69, 9.17) is 0 Å².